The molecule has 7 nitrogen and oxygen atoms in total. The molecule has 0 aliphatic carbocycles. The van der Waals surface area contributed by atoms with Crippen LogP contribution in [0.3, 0.4) is 0 Å². The van der Waals surface area contributed by atoms with Crippen LogP contribution in [-0.2, 0) is 6.42 Å². The summed E-state index contributed by atoms with van der Waals surface area (Å²) in [5, 5.41) is 12.1. The third-order valence-corrected chi connectivity index (χ3v) is 5.97. The fraction of sp³-hybridized carbons (Fsp3) is 0.462. The molecule has 1 N–H and O–H groups in total. The maximum Gasteiger partial charge on any atom is 0.205 e. The van der Waals surface area contributed by atoms with E-state index in [4.69, 9.17) is 23.4 Å². The maximum absolute atomic E-state index is 11.3. The Morgan fingerprint density at radius 3 is 2.21 bits per heavy atom. The summed E-state index contributed by atoms with van der Waals surface area (Å²) in [6, 6.07) is 9.67. The number of aliphatic hydroxyl groups excluding tert-OH is 1. The molecule has 1 aromatic heterocycles. The molecule has 0 aliphatic heterocycles. The summed E-state index contributed by atoms with van der Waals surface area (Å²) >= 11 is 0. The zero-order chi connectivity index (χ0) is 23.8. The van der Waals surface area contributed by atoms with Gasteiger partial charge >= 0.3 is 0 Å². The normalized spacial score (nSPS) is 12.2. The van der Waals surface area contributed by atoms with E-state index in [1.807, 2.05) is 30.3 Å². The largest absolute Gasteiger partial charge is 0.497 e. The lowest BCUT2D eigenvalue weighted by Gasteiger charge is -2.23. The van der Waals surface area contributed by atoms with Gasteiger partial charge in [0.05, 0.1) is 44.6 Å². The van der Waals surface area contributed by atoms with E-state index >= 15 is 0 Å². The Kier molecular flexibility index (Phi) is 8.86. The Hall–Kier alpha value is -2.90. The highest BCUT2D eigenvalue weighted by molar-refractivity contribution is 5.93. The van der Waals surface area contributed by atoms with Gasteiger partial charge in [0.15, 0.2) is 11.3 Å². The summed E-state index contributed by atoms with van der Waals surface area (Å²) < 4.78 is 28.6. The van der Waals surface area contributed by atoms with E-state index in [2.05, 4.69) is 18.7 Å². The van der Waals surface area contributed by atoms with Gasteiger partial charge in [0, 0.05) is 6.54 Å². The van der Waals surface area contributed by atoms with Crippen LogP contribution in [0.4, 0.5) is 0 Å². The van der Waals surface area contributed by atoms with Gasteiger partial charge in [0.1, 0.15) is 18.1 Å². The summed E-state index contributed by atoms with van der Waals surface area (Å²) in [6.45, 7) is 7.33. The highest BCUT2D eigenvalue weighted by Crippen LogP contribution is 2.49. The number of aliphatic hydroxyl groups is 1. The first-order chi connectivity index (χ1) is 16.1. The molecule has 3 aromatic rings. The Morgan fingerprint density at radius 2 is 1.61 bits per heavy atom. The topological polar surface area (TPSA) is 73.5 Å². The monoisotopic (exact) mass is 457 g/mol. The predicted molar refractivity (Wildman–Crippen MR) is 129 cm³/mol. The van der Waals surface area contributed by atoms with E-state index in [-0.39, 0.29) is 0 Å². The van der Waals surface area contributed by atoms with Crippen LogP contribution >= 0.6 is 0 Å². The maximum atomic E-state index is 11.3. The van der Waals surface area contributed by atoms with Crippen molar-refractivity contribution in [3.05, 3.63) is 47.7 Å². The minimum absolute atomic E-state index is 0.450. The molecule has 0 bridgehead atoms. The first-order valence-corrected chi connectivity index (χ1v) is 11.4. The van der Waals surface area contributed by atoms with Gasteiger partial charge < -0.3 is 33.4 Å². The second kappa shape index (κ2) is 11.8. The average molecular weight is 458 g/mol. The van der Waals surface area contributed by atoms with Crippen molar-refractivity contribution in [2.24, 2.45) is 0 Å². The van der Waals surface area contributed by atoms with E-state index < -0.39 is 6.10 Å². The molecule has 33 heavy (non-hydrogen) atoms. The highest BCUT2D eigenvalue weighted by atomic mass is 16.5. The summed E-state index contributed by atoms with van der Waals surface area (Å²) in [5.41, 5.74) is 2.23. The smallest absolute Gasteiger partial charge is 0.205 e. The lowest BCUT2D eigenvalue weighted by atomic mass is 9.97. The fourth-order valence-corrected chi connectivity index (χ4v) is 4.05. The van der Waals surface area contributed by atoms with E-state index in [0.29, 0.717) is 47.8 Å². The van der Waals surface area contributed by atoms with Gasteiger partial charge in [-0.3, -0.25) is 0 Å². The number of methoxy groups -OCH3 is 3. The Balaban J connectivity index is 1.93. The van der Waals surface area contributed by atoms with Crippen LogP contribution in [0.1, 0.15) is 37.5 Å². The molecule has 0 amide bonds. The predicted octanol–water partition coefficient (Wildman–Crippen LogP) is 4.85. The molecule has 0 saturated heterocycles. The summed E-state index contributed by atoms with van der Waals surface area (Å²) in [4.78, 5) is 2.27. The van der Waals surface area contributed by atoms with Crippen molar-refractivity contribution in [3.8, 4) is 23.0 Å². The number of hydrogen-bond acceptors (Lipinski definition) is 7. The van der Waals surface area contributed by atoms with Crippen LogP contribution < -0.4 is 18.9 Å². The standard InChI is InChI=1S/C26H35NO6/c1-6-27(7-2)15-17-33-25-22(21(28)13-10-18-8-11-19(29-3)12-9-18)23(30-4)20-14-16-32-24(20)26(25)31-5/h8-9,11-12,14,16,21,28H,6-7,10,13,15,17H2,1-5H3. The molecule has 180 valence electrons. The van der Waals surface area contributed by atoms with Gasteiger partial charge in [-0.2, -0.15) is 0 Å². The minimum atomic E-state index is -0.821. The van der Waals surface area contributed by atoms with Crippen LogP contribution in [0.15, 0.2) is 41.0 Å². The van der Waals surface area contributed by atoms with Crippen LogP contribution in [0.2, 0.25) is 0 Å². The van der Waals surface area contributed by atoms with E-state index in [1.54, 1.807) is 27.6 Å². The zero-order valence-corrected chi connectivity index (χ0v) is 20.2. The molecular weight excluding hydrogens is 422 g/mol. The summed E-state index contributed by atoms with van der Waals surface area (Å²) in [6.07, 6.45) is 1.93. The molecule has 2 aromatic carbocycles. The number of ether oxygens (including phenoxy) is 4. The Bertz CT molecular complexity index is 1010. The van der Waals surface area contributed by atoms with Gasteiger partial charge in [-0.15, -0.1) is 0 Å². The number of furan rings is 1. The molecule has 0 saturated carbocycles. The van der Waals surface area contributed by atoms with Crippen LogP contribution in [0, 0.1) is 0 Å². The number of nitrogens with zero attached hydrogens (tertiary/aromatic N) is 1. The minimum Gasteiger partial charge on any atom is -0.497 e. The number of rotatable bonds is 13. The molecule has 1 atom stereocenters. The van der Waals surface area contributed by atoms with Crippen molar-refractivity contribution in [1.29, 1.82) is 0 Å². The van der Waals surface area contributed by atoms with E-state index in [0.717, 1.165) is 36.3 Å². The van der Waals surface area contributed by atoms with Gasteiger partial charge in [-0.25, -0.2) is 0 Å². The fourth-order valence-electron chi connectivity index (χ4n) is 4.05. The number of fused-ring (bicyclic) bond motifs is 1. The Morgan fingerprint density at radius 1 is 0.909 bits per heavy atom. The van der Waals surface area contributed by atoms with Crippen LogP contribution in [-0.4, -0.2) is 57.6 Å². The van der Waals surface area contributed by atoms with Gasteiger partial charge in [-0.05, 0) is 49.7 Å². The Labute approximate surface area is 195 Å². The van der Waals surface area contributed by atoms with Gasteiger partial charge in [0.25, 0.3) is 0 Å². The van der Waals surface area contributed by atoms with Crippen molar-refractivity contribution in [3.63, 3.8) is 0 Å². The van der Waals surface area contributed by atoms with Crippen LogP contribution in [0.5, 0.6) is 23.0 Å². The third kappa shape index (κ3) is 5.54. The van der Waals surface area contributed by atoms with Crippen molar-refractivity contribution in [2.75, 3.05) is 47.6 Å². The molecule has 1 unspecified atom stereocenters. The van der Waals surface area contributed by atoms with Crippen LogP contribution in [0.25, 0.3) is 11.0 Å². The molecule has 3 rings (SSSR count). The quantitative estimate of drug-likeness (QED) is 0.393. The van der Waals surface area contributed by atoms with Crippen molar-refractivity contribution in [2.45, 2.75) is 32.8 Å². The number of aryl methyl sites for hydroxylation is 1. The van der Waals surface area contributed by atoms with Crippen molar-refractivity contribution in [1.82, 2.24) is 4.90 Å². The van der Waals surface area contributed by atoms with Gasteiger partial charge in [-0.1, -0.05) is 26.0 Å². The van der Waals surface area contributed by atoms with E-state index in [9.17, 15) is 5.11 Å². The molecule has 7 heteroatoms. The first-order valence-electron chi connectivity index (χ1n) is 11.4. The molecular formula is C26H35NO6. The molecule has 0 fully saturated rings. The molecule has 0 radical (unpaired) electrons. The molecule has 0 aliphatic rings. The first kappa shape index (κ1) is 24.7. The third-order valence-electron chi connectivity index (χ3n) is 5.97. The lowest BCUT2D eigenvalue weighted by molar-refractivity contribution is 0.153. The molecule has 0 spiro atoms. The number of benzene rings is 2. The zero-order valence-electron chi connectivity index (χ0n) is 20.2. The summed E-state index contributed by atoms with van der Waals surface area (Å²) in [7, 11) is 4.81. The second-order valence-electron chi connectivity index (χ2n) is 7.75. The summed E-state index contributed by atoms with van der Waals surface area (Å²) in [5.74, 6) is 2.28. The average Bonchev–Trinajstić information content (AvgIpc) is 3.34. The number of hydrogen-bond donors (Lipinski definition) is 1. The number of likely N-dealkylation sites (N-methyl/N-ethyl adjacent to an activating group) is 1. The molecule has 1 heterocycles. The van der Waals surface area contributed by atoms with E-state index in [1.165, 1.54) is 0 Å². The highest BCUT2D eigenvalue weighted by Gasteiger charge is 2.29. The lowest BCUT2D eigenvalue weighted by Crippen LogP contribution is -2.28. The SMILES string of the molecule is CCN(CC)CCOc1c(C(O)CCc2ccc(OC)cc2)c(OC)c2ccoc2c1OC. The van der Waals surface area contributed by atoms with Gasteiger partial charge in [0.2, 0.25) is 5.75 Å². The second-order valence-corrected chi connectivity index (χ2v) is 7.75. The van der Waals surface area contributed by atoms with Crippen molar-refractivity contribution >= 4 is 11.0 Å². The van der Waals surface area contributed by atoms with Crippen molar-refractivity contribution < 1.29 is 28.5 Å².